The highest BCUT2D eigenvalue weighted by atomic mass is 28.3. The second-order valence-corrected chi connectivity index (χ2v) is 18.9. The molecule has 0 saturated carbocycles. The number of benzene rings is 8. The molecular formula is C53H35N3OSi. The molecule has 0 amide bonds. The molecule has 0 radical (unpaired) electrons. The van der Waals surface area contributed by atoms with Gasteiger partial charge in [-0.2, -0.15) is 0 Å². The summed E-state index contributed by atoms with van der Waals surface area (Å²) in [7, 11) is -2.85. The molecule has 4 nitrogen and oxygen atoms in total. The highest BCUT2D eigenvalue weighted by molar-refractivity contribution is 7.19. The van der Waals surface area contributed by atoms with Gasteiger partial charge in [0.05, 0.1) is 16.6 Å². The van der Waals surface area contributed by atoms with Crippen LogP contribution in [-0.4, -0.2) is 22.2 Å². The lowest BCUT2D eigenvalue weighted by molar-refractivity contribution is 0.671. The number of aromatic nitrogens is 3. The fourth-order valence-corrected chi connectivity index (χ4v) is 14.4. The topological polar surface area (TPSA) is 35.9 Å². The van der Waals surface area contributed by atoms with Crippen molar-refractivity contribution in [3.8, 4) is 11.4 Å². The van der Waals surface area contributed by atoms with Crippen LogP contribution in [0.15, 0.2) is 217 Å². The first-order valence-electron chi connectivity index (χ1n) is 19.8. The summed E-state index contributed by atoms with van der Waals surface area (Å²) in [5.74, 6) is 0. The molecule has 0 unspecified atom stereocenters. The molecule has 12 aromatic rings. The molecule has 0 aliphatic rings. The van der Waals surface area contributed by atoms with Crippen LogP contribution < -0.4 is 20.7 Å². The molecule has 58 heavy (non-hydrogen) atoms. The Kier molecular flexibility index (Phi) is 7.21. The molecule has 0 aliphatic heterocycles. The Morgan fingerprint density at radius 1 is 0.362 bits per heavy atom. The largest absolute Gasteiger partial charge is 0.454 e. The van der Waals surface area contributed by atoms with Crippen LogP contribution >= 0.6 is 0 Å². The first-order valence-corrected chi connectivity index (χ1v) is 21.8. The smallest absolute Gasteiger partial charge is 0.179 e. The average Bonchev–Trinajstić information content (AvgIpc) is 3.96. The van der Waals surface area contributed by atoms with Gasteiger partial charge >= 0.3 is 0 Å². The molecule has 0 saturated heterocycles. The monoisotopic (exact) mass is 757 g/mol. The van der Waals surface area contributed by atoms with E-state index in [1.54, 1.807) is 0 Å². The van der Waals surface area contributed by atoms with Crippen LogP contribution in [0.3, 0.4) is 0 Å². The van der Waals surface area contributed by atoms with Gasteiger partial charge in [0.15, 0.2) is 13.7 Å². The molecule has 8 aromatic carbocycles. The van der Waals surface area contributed by atoms with Gasteiger partial charge in [-0.3, -0.25) is 4.57 Å². The second-order valence-electron chi connectivity index (χ2n) is 15.1. The van der Waals surface area contributed by atoms with Crippen LogP contribution in [0.2, 0.25) is 0 Å². The maximum absolute atomic E-state index is 6.67. The highest BCUT2D eigenvalue weighted by Crippen LogP contribution is 2.40. The number of nitrogens with zero attached hydrogens (tertiary/aromatic N) is 3. The summed E-state index contributed by atoms with van der Waals surface area (Å²) in [4.78, 5) is 4.87. The third-order valence-electron chi connectivity index (χ3n) is 12.1. The van der Waals surface area contributed by atoms with Crippen molar-refractivity contribution in [3.63, 3.8) is 0 Å². The lowest BCUT2D eigenvalue weighted by Gasteiger charge is -2.34. The Morgan fingerprint density at radius 3 is 1.50 bits per heavy atom. The minimum absolute atomic E-state index is 0.902. The molecule has 5 heteroatoms. The van der Waals surface area contributed by atoms with Crippen molar-refractivity contribution in [3.05, 3.63) is 212 Å². The standard InChI is InChI=1S/C53H35N3OSi/c1-3-14-38(15-4-1)58(39-16-5-2-6-17-39,41-31-27-37(28-32-41)56-49-23-11-8-19-43(49)47-21-13-35-54-53(47)56)40-29-25-36(26-30-40)55-48-22-10-7-18-42(48)45-33-34-46-44-20-9-12-24-50(44)57-52(46)51(45)55/h1-35H. The van der Waals surface area contributed by atoms with E-state index in [9.17, 15) is 0 Å². The normalized spacial score (nSPS) is 12.1. The minimum Gasteiger partial charge on any atom is -0.454 e. The van der Waals surface area contributed by atoms with Crippen LogP contribution in [0.5, 0.6) is 0 Å². The Bertz CT molecular complexity index is 3400. The average molecular weight is 758 g/mol. The van der Waals surface area contributed by atoms with Crippen LogP contribution in [0, 0.1) is 0 Å². The zero-order valence-corrected chi connectivity index (χ0v) is 32.5. The molecule has 0 bridgehead atoms. The Labute approximate surface area is 335 Å². The number of rotatable bonds is 6. The SMILES string of the molecule is c1ccc([Si](c2ccccc2)(c2ccc(-n3c4ccccc4c4cccnc43)cc2)c2ccc(-n3c4ccccc4c4ccc5c6ccccc6oc5c43)cc2)cc1. The summed E-state index contributed by atoms with van der Waals surface area (Å²) in [5.41, 5.74) is 8.37. The summed E-state index contributed by atoms with van der Waals surface area (Å²) >= 11 is 0. The zero-order chi connectivity index (χ0) is 38.2. The van der Waals surface area contributed by atoms with Gasteiger partial charge in [-0.1, -0.05) is 146 Å². The van der Waals surface area contributed by atoms with E-state index in [-0.39, 0.29) is 0 Å². The van der Waals surface area contributed by atoms with Gasteiger partial charge in [-0.05, 0) is 81.4 Å². The summed E-state index contributed by atoms with van der Waals surface area (Å²) in [6.07, 6.45) is 1.89. The van der Waals surface area contributed by atoms with Gasteiger partial charge in [0.2, 0.25) is 0 Å². The number of hydrogen-bond donors (Lipinski definition) is 0. The number of para-hydroxylation sites is 3. The molecule has 0 atom stereocenters. The fraction of sp³-hybridized carbons (Fsp3) is 0. The predicted octanol–water partition coefficient (Wildman–Crippen LogP) is 10.6. The van der Waals surface area contributed by atoms with Crippen molar-refractivity contribution < 1.29 is 4.42 Å². The van der Waals surface area contributed by atoms with Gasteiger partial charge in [0, 0.05) is 49.9 Å². The van der Waals surface area contributed by atoms with Crippen molar-refractivity contribution >= 4 is 94.5 Å². The van der Waals surface area contributed by atoms with E-state index in [0.29, 0.717) is 0 Å². The lowest BCUT2D eigenvalue weighted by atomic mass is 10.1. The predicted molar refractivity (Wildman–Crippen MR) is 244 cm³/mol. The third kappa shape index (κ3) is 4.65. The van der Waals surface area contributed by atoms with Crippen molar-refractivity contribution in [2.45, 2.75) is 0 Å². The number of hydrogen-bond acceptors (Lipinski definition) is 2. The Hall–Kier alpha value is -7.47. The number of furan rings is 1. The highest BCUT2D eigenvalue weighted by Gasteiger charge is 2.41. The molecule has 272 valence electrons. The molecule has 0 aliphatic carbocycles. The molecular weight excluding hydrogens is 723 g/mol. The van der Waals surface area contributed by atoms with Gasteiger partial charge < -0.3 is 8.98 Å². The van der Waals surface area contributed by atoms with Gasteiger partial charge in [-0.25, -0.2) is 4.98 Å². The summed E-state index contributed by atoms with van der Waals surface area (Å²) in [6.45, 7) is 0. The Morgan fingerprint density at radius 2 is 0.845 bits per heavy atom. The molecule has 12 rings (SSSR count). The minimum atomic E-state index is -2.85. The second kappa shape index (κ2) is 12.8. The maximum atomic E-state index is 6.67. The number of pyridine rings is 1. The van der Waals surface area contributed by atoms with Crippen molar-refractivity contribution in [2.75, 3.05) is 0 Å². The zero-order valence-electron chi connectivity index (χ0n) is 31.5. The van der Waals surface area contributed by atoms with Gasteiger partial charge in [-0.15, -0.1) is 0 Å². The van der Waals surface area contributed by atoms with Crippen molar-refractivity contribution in [1.29, 1.82) is 0 Å². The van der Waals surface area contributed by atoms with E-state index in [1.165, 1.54) is 36.9 Å². The van der Waals surface area contributed by atoms with E-state index in [2.05, 4.69) is 203 Å². The van der Waals surface area contributed by atoms with Crippen LogP contribution in [0.1, 0.15) is 0 Å². The van der Waals surface area contributed by atoms with Crippen LogP contribution in [0.4, 0.5) is 0 Å². The Balaban J connectivity index is 1.08. The molecule has 0 fully saturated rings. The van der Waals surface area contributed by atoms with E-state index in [4.69, 9.17) is 9.40 Å². The summed E-state index contributed by atoms with van der Waals surface area (Å²) in [6, 6.07) is 75.3. The van der Waals surface area contributed by atoms with Crippen molar-refractivity contribution in [1.82, 2.24) is 14.1 Å². The molecule has 4 heterocycles. The van der Waals surface area contributed by atoms with E-state index in [0.717, 1.165) is 60.9 Å². The third-order valence-corrected chi connectivity index (χ3v) is 16.9. The van der Waals surface area contributed by atoms with Crippen LogP contribution in [-0.2, 0) is 0 Å². The lowest BCUT2D eigenvalue weighted by Crippen LogP contribution is -2.74. The van der Waals surface area contributed by atoms with Crippen LogP contribution in [0.25, 0.3) is 77.1 Å². The maximum Gasteiger partial charge on any atom is 0.179 e. The molecule has 0 spiro atoms. The van der Waals surface area contributed by atoms with Crippen molar-refractivity contribution in [2.24, 2.45) is 0 Å². The quantitative estimate of drug-likeness (QED) is 0.125. The van der Waals surface area contributed by atoms with Gasteiger partial charge in [0.25, 0.3) is 0 Å². The fourth-order valence-electron chi connectivity index (χ4n) is 9.65. The van der Waals surface area contributed by atoms with E-state index in [1.807, 2.05) is 18.3 Å². The summed E-state index contributed by atoms with van der Waals surface area (Å²) < 4.78 is 11.4. The van der Waals surface area contributed by atoms with E-state index >= 15 is 0 Å². The molecule has 0 N–H and O–H groups in total. The van der Waals surface area contributed by atoms with E-state index < -0.39 is 8.07 Å². The molecule has 4 aromatic heterocycles. The summed E-state index contributed by atoms with van der Waals surface area (Å²) in [5, 5.41) is 12.3. The first-order chi connectivity index (χ1) is 28.8. The van der Waals surface area contributed by atoms with Gasteiger partial charge in [0.1, 0.15) is 11.2 Å². The first kappa shape index (κ1) is 32.7. The number of fused-ring (bicyclic) bond motifs is 10.